The quantitative estimate of drug-likeness (QED) is 0.306. The van der Waals surface area contributed by atoms with Crippen molar-refractivity contribution in [2.75, 3.05) is 38.2 Å². The molecule has 0 saturated carbocycles. The molecule has 10 nitrogen and oxygen atoms in total. The summed E-state index contributed by atoms with van der Waals surface area (Å²) in [6.07, 6.45) is 1.80. The maximum Gasteiger partial charge on any atom is 0.328 e. The van der Waals surface area contributed by atoms with Crippen LogP contribution in [0.5, 0.6) is 5.88 Å². The standard InChI is InChI=1S/C30H33N5O5S/c1-6-20-12-17-24-25(18-20)35(30(38)31-2)29(37)27(24)28(21-10-8-7-9-11-21)32-22-13-15-23(16-14-22)34(41(5,39)40)19-26(36)33(3)4/h7-18,37H,6,19H2,1-5H3,(H,31,38). The Morgan fingerprint density at radius 3 is 2.22 bits per heavy atom. The summed E-state index contributed by atoms with van der Waals surface area (Å²) in [5.41, 5.74) is 3.86. The fourth-order valence-electron chi connectivity index (χ4n) is 4.44. The number of aliphatic imine (C=N–C) groups is 1. The van der Waals surface area contributed by atoms with Crippen LogP contribution in [0.25, 0.3) is 10.9 Å². The Morgan fingerprint density at radius 2 is 1.66 bits per heavy atom. The van der Waals surface area contributed by atoms with Crippen molar-refractivity contribution in [2.45, 2.75) is 13.3 Å². The number of anilines is 1. The Labute approximate surface area is 239 Å². The molecule has 2 N–H and O–H groups in total. The van der Waals surface area contributed by atoms with Gasteiger partial charge >= 0.3 is 6.03 Å². The Hall–Kier alpha value is -4.64. The van der Waals surface area contributed by atoms with Crippen LogP contribution in [0.3, 0.4) is 0 Å². The lowest BCUT2D eigenvalue weighted by Crippen LogP contribution is -2.39. The van der Waals surface area contributed by atoms with Crippen molar-refractivity contribution in [2.24, 2.45) is 4.99 Å². The first-order valence-electron chi connectivity index (χ1n) is 13.0. The molecular weight excluding hydrogens is 542 g/mol. The van der Waals surface area contributed by atoms with E-state index in [4.69, 9.17) is 4.99 Å². The van der Waals surface area contributed by atoms with Gasteiger partial charge in [0.1, 0.15) is 6.54 Å². The number of likely N-dealkylation sites (N-methyl/N-ethyl adjacent to an activating group) is 1. The third-order valence-corrected chi connectivity index (χ3v) is 7.81. The van der Waals surface area contributed by atoms with Crippen molar-refractivity contribution < 1.29 is 23.1 Å². The summed E-state index contributed by atoms with van der Waals surface area (Å²) in [4.78, 5) is 31.3. The van der Waals surface area contributed by atoms with Gasteiger partial charge in [-0.05, 0) is 42.3 Å². The minimum atomic E-state index is -3.74. The molecule has 1 heterocycles. The average Bonchev–Trinajstić information content (AvgIpc) is 3.24. The van der Waals surface area contributed by atoms with Crippen molar-refractivity contribution in [1.82, 2.24) is 14.8 Å². The third kappa shape index (κ3) is 6.09. The summed E-state index contributed by atoms with van der Waals surface area (Å²) >= 11 is 0. The predicted molar refractivity (Wildman–Crippen MR) is 162 cm³/mol. The molecule has 0 aliphatic rings. The highest BCUT2D eigenvalue weighted by Crippen LogP contribution is 2.35. The molecule has 0 aliphatic carbocycles. The van der Waals surface area contributed by atoms with Gasteiger partial charge in [-0.3, -0.25) is 9.10 Å². The fraction of sp³-hybridized carbons (Fsp3) is 0.233. The normalized spacial score (nSPS) is 11.9. The highest BCUT2D eigenvalue weighted by Gasteiger charge is 2.26. The number of fused-ring (bicyclic) bond motifs is 1. The van der Waals surface area contributed by atoms with E-state index in [0.29, 0.717) is 39.1 Å². The van der Waals surface area contributed by atoms with Gasteiger partial charge in [-0.25, -0.2) is 22.8 Å². The molecule has 0 unspecified atom stereocenters. The van der Waals surface area contributed by atoms with E-state index >= 15 is 0 Å². The first kappa shape index (κ1) is 29.3. The average molecular weight is 576 g/mol. The largest absolute Gasteiger partial charge is 0.494 e. The molecule has 4 rings (SSSR count). The van der Waals surface area contributed by atoms with Crippen LogP contribution in [0, 0.1) is 0 Å². The number of amides is 2. The molecule has 0 saturated heterocycles. The van der Waals surface area contributed by atoms with Crippen LogP contribution in [0.1, 0.15) is 23.6 Å². The number of benzene rings is 3. The molecule has 3 aromatic carbocycles. The van der Waals surface area contributed by atoms with E-state index in [2.05, 4.69) is 5.32 Å². The van der Waals surface area contributed by atoms with Crippen LogP contribution >= 0.6 is 0 Å². The summed E-state index contributed by atoms with van der Waals surface area (Å²) in [7, 11) is 0.882. The van der Waals surface area contributed by atoms with Crippen molar-refractivity contribution in [3.8, 4) is 5.88 Å². The number of nitrogens with one attached hydrogen (secondary N) is 1. The van der Waals surface area contributed by atoms with Gasteiger partial charge in [0.2, 0.25) is 21.8 Å². The van der Waals surface area contributed by atoms with Gasteiger partial charge in [-0.15, -0.1) is 0 Å². The molecule has 0 atom stereocenters. The lowest BCUT2D eigenvalue weighted by atomic mass is 10.00. The molecule has 214 valence electrons. The van der Waals surface area contributed by atoms with Crippen LogP contribution in [-0.4, -0.2) is 74.6 Å². The van der Waals surface area contributed by atoms with Crippen LogP contribution < -0.4 is 9.62 Å². The number of carbonyl (C=O) groups is 2. The maximum atomic E-state index is 12.9. The van der Waals surface area contributed by atoms with E-state index in [1.165, 1.54) is 16.5 Å². The van der Waals surface area contributed by atoms with E-state index in [1.807, 2.05) is 55.5 Å². The zero-order valence-corrected chi connectivity index (χ0v) is 24.4. The molecule has 11 heteroatoms. The number of nitrogens with zero attached hydrogens (tertiary/aromatic N) is 4. The van der Waals surface area contributed by atoms with E-state index in [9.17, 15) is 23.1 Å². The highest BCUT2D eigenvalue weighted by molar-refractivity contribution is 7.92. The van der Waals surface area contributed by atoms with Crippen LogP contribution in [-0.2, 0) is 21.2 Å². The summed E-state index contributed by atoms with van der Waals surface area (Å²) in [5, 5.41) is 14.7. The van der Waals surface area contributed by atoms with E-state index < -0.39 is 16.1 Å². The molecule has 0 spiro atoms. The molecule has 1 aromatic heterocycles. The highest BCUT2D eigenvalue weighted by atomic mass is 32.2. The zero-order chi connectivity index (χ0) is 29.9. The van der Waals surface area contributed by atoms with Gasteiger partial charge < -0.3 is 15.3 Å². The van der Waals surface area contributed by atoms with Gasteiger partial charge in [0.05, 0.1) is 34.4 Å². The smallest absolute Gasteiger partial charge is 0.328 e. The van der Waals surface area contributed by atoms with Crippen LogP contribution in [0.15, 0.2) is 77.8 Å². The van der Waals surface area contributed by atoms with E-state index in [0.717, 1.165) is 22.5 Å². The van der Waals surface area contributed by atoms with E-state index in [1.54, 1.807) is 38.4 Å². The minimum absolute atomic E-state index is 0.253. The van der Waals surface area contributed by atoms with Crippen LogP contribution in [0.2, 0.25) is 0 Å². The molecule has 2 amide bonds. The summed E-state index contributed by atoms with van der Waals surface area (Å²) in [6.45, 7) is 1.67. The molecule has 0 bridgehead atoms. The maximum absolute atomic E-state index is 12.9. The topological polar surface area (TPSA) is 124 Å². The second kappa shape index (κ2) is 11.8. The first-order valence-corrected chi connectivity index (χ1v) is 14.8. The molecule has 0 radical (unpaired) electrons. The Bertz CT molecular complexity index is 1730. The van der Waals surface area contributed by atoms with Gasteiger partial charge in [-0.2, -0.15) is 0 Å². The van der Waals surface area contributed by atoms with Crippen molar-refractivity contribution in [3.05, 3.63) is 89.5 Å². The van der Waals surface area contributed by atoms with Gasteiger partial charge in [0.25, 0.3) is 0 Å². The summed E-state index contributed by atoms with van der Waals surface area (Å²) < 4.78 is 27.2. The number of aryl methyl sites for hydroxylation is 1. The van der Waals surface area contributed by atoms with Crippen molar-refractivity contribution >= 4 is 50.0 Å². The summed E-state index contributed by atoms with van der Waals surface area (Å²) in [5.74, 6) is -0.615. The number of aromatic nitrogens is 1. The molecule has 4 aromatic rings. The fourth-order valence-corrected chi connectivity index (χ4v) is 5.29. The zero-order valence-electron chi connectivity index (χ0n) is 23.6. The second-order valence-electron chi connectivity index (χ2n) is 9.69. The van der Waals surface area contributed by atoms with Gasteiger partial charge in [0.15, 0.2) is 0 Å². The number of hydrogen-bond acceptors (Lipinski definition) is 6. The summed E-state index contributed by atoms with van der Waals surface area (Å²) in [6, 6.07) is 20.9. The van der Waals surface area contributed by atoms with Gasteiger partial charge in [0, 0.05) is 32.1 Å². The number of sulfonamides is 1. The molecule has 0 aliphatic heterocycles. The number of hydrogen-bond donors (Lipinski definition) is 2. The van der Waals surface area contributed by atoms with Crippen molar-refractivity contribution in [3.63, 3.8) is 0 Å². The van der Waals surface area contributed by atoms with Gasteiger partial charge in [-0.1, -0.05) is 49.4 Å². The predicted octanol–water partition coefficient (Wildman–Crippen LogP) is 4.12. The monoisotopic (exact) mass is 575 g/mol. The Kier molecular flexibility index (Phi) is 8.48. The first-order chi connectivity index (χ1) is 19.5. The lowest BCUT2D eigenvalue weighted by molar-refractivity contribution is -0.127. The Morgan fingerprint density at radius 1 is 1.00 bits per heavy atom. The van der Waals surface area contributed by atoms with E-state index in [-0.39, 0.29) is 18.3 Å². The number of aromatic hydroxyl groups is 1. The molecule has 0 fully saturated rings. The number of rotatable bonds is 8. The minimum Gasteiger partial charge on any atom is -0.494 e. The lowest BCUT2D eigenvalue weighted by Gasteiger charge is -2.23. The Balaban J connectivity index is 1.90. The van der Waals surface area contributed by atoms with Crippen molar-refractivity contribution in [1.29, 1.82) is 0 Å². The molecule has 41 heavy (non-hydrogen) atoms. The SMILES string of the molecule is CCc1ccc2c(C(=Nc3ccc(N(CC(=O)N(C)C)S(C)(=O)=O)cc3)c3ccccc3)c(O)n(C(=O)NC)c2c1. The third-order valence-electron chi connectivity index (χ3n) is 6.67. The molecular formula is C30H33N5O5S. The van der Waals surface area contributed by atoms with Crippen LogP contribution in [0.4, 0.5) is 16.2 Å². The number of carbonyl (C=O) groups excluding carboxylic acids is 2. The second-order valence-corrected chi connectivity index (χ2v) is 11.6.